The zero-order valence-corrected chi connectivity index (χ0v) is 24.0. The van der Waals surface area contributed by atoms with Gasteiger partial charge >= 0.3 is 5.69 Å². The number of carbonyl (C=O) groups excluding carboxylic acids is 1. The molecule has 1 aliphatic rings. The molecule has 1 N–H and O–H groups in total. The maximum atomic E-state index is 15.9. The predicted molar refractivity (Wildman–Crippen MR) is 164 cm³/mol. The molecule has 9 nitrogen and oxygen atoms in total. The molecular weight excluding hydrogens is 566 g/mol. The van der Waals surface area contributed by atoms with E-state index in [1.165, 1.54) is 22.8 Å². The Hall–Kier alpha value is -5.45. The number of rotatable bonds is 5. The van der Waals surface area contributed by atoms with Crippen LogP contribution in [0.2, 0.25) is 0 Å². The van der Waals surface area contributed by atoms with Gasteiger partial charge in [-0.15, -0.1) is 0 Å². The first kappa shape index (κ1) is 28.7. The molecule has 5 aromatic rings. The van der Waals surface area contributed by atoms with Gasteiger partial charge in [0, 0.05) is 37.4 Å². The number of piperazine rings is 1. The summed E-state index contributed by atoms with van der Waals surface area (Å²) in [5.74, 6) is -2.33. The summed E-state index contributed by atoms with van der Waals surface area (Å²) in [5.41, 5.74) is 0.643. The van der Waals surface area contributed by atoms with Crippen molar-refractivity contribution in [1.29, 1.82) is 0 Å². The minimum atomic E-state index is -0.912. The zero-order chi connectivity index (χ0) is 31.1. The van der Waals surface area contributed by atoms with Crippen LogP contribution in [0.4, 0.5) is 14.6 Å². The Balaban J connectivity index is 1.66. The molecular formula is C33H28F2N6O3. The van der Waals surface area contributed by atoms with Crippen molar-refractivity contribution in [3.05, 3.63) is 107 Å². The second-order valence-electron chi connectivity index (χ2n) is 10.6. The van der Waals surface area contributed by atoms with Crippen molar-refractivity contribution in [3.8, 4) is 34.0 Å². The molecule has 11 heteroatoms. The fourth-order valence-corrected chi connectivity index (χ4v) is 5.69. The van der Waals surface area contributed by atoms with E-state index in [0.29, 0.717) is 36.6 Å². The Morgan fingerprint density at radius 2 is 1.80 bits per heavy atom. The summed E-state index contributed by atoms with van der Waals surface area (Å²) in [7, 11) is 0. The molecule has 0 radical (unpaired) electrons. The van der Waals surface area contributed by atoms with E-state index in [4.69, 9.17) is 0 Å². The minimum absolute atomic E-state index is 0.00383. The van der Waals surface area contributed by atoms with Gasteiger partial charge in [-0.1, -0.05) is 43.0 Å². The number of nitrogens with zero attached hydrogens (tertiary/aromatic N) is 6. The van der Waals surface area contributed by atoms with Crippen LogP contribution < -0.4 is 10.6 Å². The molecule has 0 bridgehead atoms. The van der Waals surface area contributed by atoms with E-state index in [0.717, 1.165) is 17.7 Å². The van der Waals surface area contributed by atoms with E-state index in [1.807, 2.05) is 42.2 Å². The summed E-state index contributed by atoms with van der Waals surface area (Å²) in [5, 5.41) is 10.7. The van der Waals surface area contributed by atoms with E-state index in [2.05, 4.69) is 21.5 Å². The first-order valence-corrected chi connectivity index (χ1v) is 14.0. The van der Waals surface area contributed by atoms with Crippen molar-refractivity contribution in [3.63, 3.8) is 0 Å². The molecule has 2 aromatic carbocycles. The topological polar surface area (TPSA) is 104 Å². The summed E-state index contributed by atoms with van der Waals surface area (Å²) in [6.07, 6.45) is 2.87. The van der Waals surface area contributed by atoms with Crippen molar-refractivity contribution in [2.24, 2.45) is 0 Å². The lowest BCUT2D eigenvalue weighted by Crippen LogP contribution is -2.54. The number of carbonyl (C=O) groups is 1. The third-order valence-electron chi connectivity index (χ3n) is 7.81. The first-order chi connectivity index (χ1) is 21.2. The minimum Gasteiger partial charge on any atom is -0.507 e. The van der Waals surface area contributed by atoms with Gasteiger partial charge in [-0.3, -0.25) is 9.78 Å². The molecule has 4 heterocycles. The van der Waals surface area contributed by atoms with Gasteiger partial charge in [-0.05, 0) is 49.8 Å². The average molecular weight is 595 g/mol. The maximum Gasteiger partial charge on any atom is 0.355 e. The van der Waals surface area contributed by atoms with Gasteiger partial charge in [0.2, 0.25) is 5.91 Å². The fourth-order valence-electron chi connectivity index (χ4n) is 5.69. The highest BCUT2D eigenvalue weighted by atomic mass is 19.1. The third kappa shape index (κ3) is 4.85. The lowest BCUT2D eigenvalue weighted by atomic mass is 10.1. The lowest BCUT2D eigenvalue weighted by molar-refractivity contribution is -0.126. The summed E-state index contributed by atoms with van der Waals surface area (Å²) >= 11 is 0. The molecule has 0 aliphatic carbocycles. The van der Waals surface area contributed by atoms with Crippen LogP contribution in [0.3, 0.4) is 0 Å². The smallest absolute Gasteiger partial charge is 0.355 e. The van der Waals surface area contributed by atoms with Crippen LogP contribution in [-0.4, -0.2) is 61.1 Å². The molecule has 1 atom stereocenters. The Labute approximate surface area is 251 Å². The molecule has 0 spiro atoms. The van der Waals surface area contributed by atoms with Crippen LogP contribution in [-0.2, 0) is 4.79 Å². The second kappa shape index (κ2) is 11.3. The van der Waals surface area contributed by atoms with Crippen molar-refractivity contribution < 1.29 is 18.7 Å². The number of hydrogen-bond acceptors (Lipinski definition) is 7. The number of halogens is 2. The molecule has 3 aromatic heterocycles. The number of phenolic OH excluding ortho intramolecular Hbond substituents is 1. The summed E-state index contributed by atoms with van der Waals surface area (Å²) in [6.45, 7) is 8.21. The number of anilines is 1. The van der Waals surface area contributed by atoms with Gasteiger partial charge in [-0.25, -0.2) is 23.1 Å². The number of pyridine rings is 2. The van der Waals surface area contributed by atoms with Crippen molar-refractivity contribution in [2.75, 3.05) is 24.5 Å². The summed E-state index contributed by atoms with van der Waals surface area (Å²) < 4.78 is 32.2. The Kier molecular flexibility index (Phi) is 7.38. The van der Waals surface area contributed by atoms with E-state index in [9.17, 15) is 14.7 Å². The molecule has 1 aliphatic heterocycles. The number of aromatic nitrogens is 4. The fraction of sp³-hybridized carbons (Fsp3) is 0.182. The van der Waals surface area contributed by atoms with Gasteiger partial charge in [0.05, 0.1) is 22.3 Å². The van der Waals surface area contributed by atoms with Crippen molar-refractivity contribution >= 4 is 22.8 Å². The Morgan fingerprint density at radius 1 is 1.02 bits per heavy atom. The normalized spacial score (nSPS) is 15.0. The van der Waals surface area contributed by atoms with Gasteiger partial charge in [0.1, 0.15) is 23.1 Å². The Bertz CT molecular complexity index is 1980. The molecule has 1 fully saturated rings. The molecule has 6 rings (SSSR count). The quantitative estimate of drug-likeness (QED) is 0.285. The summed E-state index contributed by atoms with van der Waals surface area (Å²) in [4.78, 5) is 43.4. The zero-order valence-electron chi connectivity index (χ0n) is 24.0. The van der Waals surface area contributed by atoms with E-state index in [-0.39, 0.29) is 28.8 Å². The second-order valence-corrected chi connectivity index (χ2v) is 10.6. The summed E-state index contributed by atoms with van der Waals surface area (Å²) in [6, 6.07) is 15.5. The number of aryl methyl sites for hydroxylation is 1. The number of phenols is 1. The number of benzene rings is 2. The van der Waals surface area contributed by atoms with Crippen LogP contribution in [0, 0.1) is 18.6 Å². The highest BCUT2D eigenvalue weighted by Crippen LogP contribution is 2.37. The van der Waals surface area contributed by atoms with Crippen LogP contribution in [0.25, 0.3) is 39.2 Å². The van der Waals surface area contributed by atoms with Crippen molar-refractivity contribution in [1.82, 2.24) is 24.4 Å². The third-order valence-corrected chi connectivity index (χ3v) is 7.81. The number of amides is 1. The number of hydrogen-bond donors (Lipinski definition) is 1. The first-order valence-electron chi connectivity index (χ1n) is 14.0. The van der Waals surface area contributed by atoms with Gasteiger partial charge < -0.3 is 14.9 Å². The number of fused-ring (bicyclic) bond motifs is 1. The van der Waals surface area contributed by atoms with Crippen LogP contribution in [0.15, 0.2) is 84.3 Å². The average Bonchev–Trinajstić information content (AvgIpc) is 3.01. The predicted octanol–water partition coefficient (Wildman–Crippen LogP) is 5.03. The Morgan fingerprint density at radius 3 is 2.50 bits per heavy atom. The molecule has 222 valence electrons. The molecule has 44 heavy (non-hydrogen) atoms. The van der Waals surface area contributed by atoms with E-state index < -0.39 is 34.3 Å². The monoisotopic (exact) mass is 594 g/mol. The standard InChI is InChI=1S/C33H28F2N6O3/c1-4-26(43)39-15-16-40(20(3)18-39)31-22-17-24(35)29(27-23(34)11-8-12-25(27)42)37-32(22)41(33(44)38-31)30-19(2)13-14-36-28(30)21-9-6-5-7-10-21/h4-14,17,20,42H,1,15-16,18H2,2-3H3. The van der Waals surface area contributed by atoms with Gasteiger partial charge in [0.15, 0.2) is 11.5 Å². The van der Waals surface area contributed by atoms with Crippen molar-refractivity contribution in [2.45, 2.75) is 19.9 Å². The lowest BCUT2D eigenvalue weighted by Gasteiger charge is -2.40. The van der Waals surface area contributed by atoms with Crippen LogP contribution in [0.1, 0.15) is 12.5 Å². The molecule has 0 saturated carbocycles. The molecule has 1 unspecified atom stereocenters. The SMILES string of the molecule is C=CC(=O)N1CCN(c2nc(=O)n(-c3c(C)ccnc3-c3ccccc3)c3nc(-c4c(O)cccc4F)c(F)cc23)C(C)C1. The highest BCUT2D eigenvalue weighted by molar-refractivity contribution is 5.92. The van der Waals surface area contributed by atoms with Gasteiger partial charge in [0.25, 0.3) is 0 Å². The maximum absolute atomic E-state index is 15.9. The van der Waals surface area contributed by atoms with Gasteiger partial charge in [-0.2, -0.15) is 4.98 Å². The molecule has 1 saturated heterocycles. The highest BCUT2D eigenvalue weighted by Gasteiger charge is 2.31. The largest absolute Gasteiger partial charge is 0.507 e. The van der Waals surface area contributed by atoms with Crippen LogP contribution in [0.5, 0.6) is 5.75 Å². The molecule has 1 amide bonds. The van der Waals surface area contributed by atoms with E-state index in [1.54, 1.807) is 24.1 Å². The van der Waals surface area contributed by atoms with Crippen LogP contribution >= 0.6 is 0 Å². The van der Waals surface area contributed by atoms with E-state index >= 15 is 8.78 Å². The number of aromatic hydroxyl groups is 1.